The molecular weight excluding hydrogens is 267 g/mol. The van der Waals surface area contributed by atoms with Crippen molar-refractivity contribution in [1.82, 2.24) is 14.6 Å². The fourth-order valence-electron chi connectivity index (χ4n) is 2.61. The van der Waals surface area contributed by atoms with Crippen molar-refractivity contribution in [3.8, 4) is 0 Å². The molecule has 0 spiro atoms. The number of fused-ring (bicyclic) bond motifs is 1. The number of aliphatic hydroxyl groups is 2. The highest BCUT2D eigenvalue weighted by Gasteiger charge is 2.51. The van der Waals surface area contributed by atoms with Gasteiger partial charge in [-0.05, 0) is 12.1 Å². The first-order chi connectivity index (χ1) is 9.53. The van der Waals surface area contributed by atoms with Gasteiger partial charge in [0, 0.05) is 6.42 Å². The molecular formula is C12H15FN4O3. The Morgan fingerprint density at radius 1 is 1.50 bits per heavy atom. The van der Waals surface area contributed by atoms with E-state index in [1.165, 1.54) is 10.8 Å². The van der Waals surface area contributed by atoms with Crippen LogP contribution in [-0.4, -0.2) is 50.3 Å². The van der Waals surface area contributed by atoms with E-state index in [9.17, 15) is 14.6 Å². The number of halogens is 1. The van der Waals surface area contributed by atoms with E-state index in [0.717, 1.165) is 0 Å². The second-order valence-electron chi connectivity index (χ2n) is 5.13. The lowest BCUT2D eigenvalue weighted by Gasteiger charge is -2.24. The molecule has 1 saturated heterocycles. The maximum atomic E-state index is 13.1. The third kappa shape index (κ3) is 1.76. The number of anilines is 1. The predicted molar refractivity (Wildman–Crippen MR) is 67.7 cm³/mol. The minimum Gasteiger partial charge on any atom is -0.393 e. The molecule has 2 aromatic heterocycles. The Balaban J connectivity index is 2.06. The van der Waals surface area contributed by atoms with Crippen molar-refractivity contribution < 1.29 is 19.3 Å². The minimum absolute atomic E-state index is 0.0526. The number of aromatic nitrogens is 3. The number of aliphatic hydroxyl groups excluding tert-OH is 1. The molecule has 0 aliphatic carbocycles. The number of alkyl halides is 1. The molecule has 8 heteroatoms. The number of rotatable bonds is 3. The number of ether oxygens (including phenoxy) is 1. The summed E-state index contributed by atoms with van der Waals surface area (Å²) in [6.07, 6.45) is 1.22. The quantitative estimate of drug-likeness (QED) is 0.708. The molecule has 4 N–H and O–H groups in total. The molecule has 0 saturated carbocycles. The molecule has 0 amide bonds. The van der Waals surface area contributed by atoms with Crippen molar-refractivity contribution in [3.63, 3.8) is 0 Å². The van der Waals surface area contributed by atoms with Crippen molar-refractivity contribution in [2.45, 2.75) is 17.6 Å². The Bertz CT molecular complexity index is 643. The van der Waals surface area contributed by atoms with E-state index < -0.39 is 24.5 Å². The molecule has 20 heavy (non-hydrogen) atoms. The third-order valence-corrected chi connectivity index (χ3v) is 3.72. The van der Waals surface area contributed by atoms with Crippen LogP contribution in [0.25, 0.3) is 5.52 Å². The van der Waals surface area contributed by atoms with Crippen LogP contribution in [0.2, 0.25) is 0 Å². The second kappa shape index (κ2) is 4.37. The molecule has 0 unspecified atom stereocenters. The van der Waals surface area contributed by atoms with Crippen molar-refractivity contribution in [2.75, 3.05) is 25.6 Å². The number of hydrogen-bond acceptors (Lipinski definition) is 6. The lowest BCUT2D eigenvalue weighted by Crippen LogP contribution is -2.37. The van der Waals surface area contributed by atoms with E-state index >= 15 is 0 Å². The molecule has 1 aliphatic heterocycles. The van der Waals surface area contributed by atoms with Crippen LogP contribution >= 0.6 is 0 Å². The fraction of sp³-hybridized carbons (Fsp3) is 0.500. The van der Waals surface area contributed by atoms with Crippen molar-refractivity contribution in [2.24, 2.45) is 0 Å². The van der Waals surface area contributed by atoms with E-state index in [0.29, 0.717) is 11.2 Å². The van der Waals surface area contributed by atoms with Crippen LogP contribution in [0, 0.1) is 0 Å². The first-order valence-electron chi connectivity index (χ1n) is 6.15. The summed E-state index contributed by atoms with van der Waals surface area (Å²) in [5.74, 6) is 0.285. The summed E-state index contributed by atoms with van der Waals surface area (Å²) in [7, 11) is 0. The van der Waals surface area contributed by atoms with Gasteiger partial charge in [-0.3, -0.25) is 0 Å². The SMILES string of the molecule is Nc1ncnn2c([C@]3(O)CO[C@@](CO)(CF)C3)ccc12. The van der Waals surface area contributed by atoms with Gasteiger partial charge in [-0.25, -0.2) is 13.9 Å². The number of hydrogen-bond donors (Lipinski definition) is 3. The smallest absolute Gasteiger partial charge is 0.151 e. The zero-order valence-corrected chi connectivity index (χ0v) is 10.7. The summed E-state index contributed by atoms with van der Waals surface area (Å²) >= 11 is 0. The van der Waals surface area contributed by atoms with E-state index in [1.54, 1.807) is 12.1 Å². The lowest BCUT2D eigenvalue weighted by atomic mass is 9.90. The van der Waals surface area contributed by atoms with Gasteiger partial charge in [0.25, 0.3) is 0 Å². The lowest BCUT2D eigenvalue weighted by molar-refractivity contribution is -0.0560. The zero-order valence-electron chi connectivity index (χ0n) is 10.7. The Hall–Kier alpha value is -1.77. The van der Waals surface area contributed by atoms with E-state index in [2.05, 4.69) is 10.1 Å². The average Bonchev–Trinajstić information content (AvgIpc) is 3.03. The molecule has 7 nitrogen and oxygen atoms in total. The van der Waals surface area contributed by atoms with Gasteiger partial charge in [0.2, 0.25) is 0 Å². The van der Waals surface area contributed by atoms with Crippen LogP contribution in [0.1, 0.15) is 12.1 Å². The molecule has 108 valence electrons. The van der Waals surface area contributed by atoms with Crippen molar-refractivity contribution in [3.05, 3.63) is 24.2 Å². The first-order valence-corrected chi connectivity index (χ1v) is 6.15. The van der Waals surface area contributed by atoms with Crippen LogP contribution in [0.15, 0.2) is 18.5 Å². The first kappa shape index (κ1) is 13.2. The molecule has 1 aliphatic rings. The Labute approximate surface area is 113 Å². The van der Waals surface area contributed by atoms with Crippen LogP contribution in [0.5, 0.6) is 0 Å². The normalized spacial score (nSPS) is 30.1. The van der Waals surface area contributed by atoms with Gasteiger partial charge in [0.1, 0.15) is 29.7 Å². The molecule has 0 radical (unpaired) electrons. The Kier molecular flexibility index (Phi) is 2.89. The number of nitrogens with zero attached hydrogens (tertiary/aromatic N) is 3. The maximum absolute atomic E-state index is 13.1. The van der Waals surface area contributed by atoms with Gasteiger partial charge >= 0.3 is 0 Å². The summed E-state index contributed by atoms with van der Waals surface area (Å²) in [6.45, 7) is -1.48. The van der Waals surface area contributed by atoms with Gasteiger partial charge in [-0.2, -0.15) is 5.10 Å². The fourth-order valence-corrected chi connectivity index (χ4v) is 2.61. The van der Waals surface area contributed by atoms with Crippen molar-refractivity contribution >= 4 is 11.3 Å². The van der Waals surface area contributed by atoms with Crippen LogP contribution in [0.3, 0.4) is 0 Å². The average molecular weight is 282 g/mol. The van der Waals surface area contributed by atoms with E-state index in [-0.39, 0.29) is 18.8 Å². The highest BCUT2D eigenvalue weighted by atomic mass is 19.1. The molecule has 3 heterocycles. The van der Waals surface area contributed by atoms with Crippen LogP contribution in [-0.2, 0) is 10.3 Å². The monoisotopic (exact) mass is 282 g/mol. The van der Waals surface area contributed by atoms with Gasteiger partial charge < -0.3 is 20.7 Å². The summed E-state index contributed by atoms with van der Waals surface area (Å²) < 4.78 is 19.8. The summed E-state index contributed by atoms with van der Waals surface area (Å²) in [5, 5.41) is 24.0. The maximum Gasteiger partial charge on any atom is 0.151 e. The second-order valence-corrected chi connectivity index (χ2v) is 5.13. The summed E-state index contributed by atoms with van der Waals surface area (Å²) in [4.78, 5) is 3.86. The minimum atomic E-state index is -1.43. The molecule has 0 bridgehead atoms. The summed E-state index contributed by atoms with van der Waals surface area (Å²) in [5.41, 5.74) is 3.93. The number of nitrogens with two attached hydrogens (primary N) is 1. The summed E-state index contributed by atoms with van der Waals surface area (Å²) in [6, 6.07) is 3.33. The largest absolute Gasteiger partial charge is 0.393 e. The zero-order chi connectivity index (χ0) is 14.4. The Morgan fingerprint density at radius 2 is 2.30 bits per heavy atom. The molecule has 0 aromatic carbocycles. The molecule has 2 atom stereocenters. The van der Waals surface area contributed by atoms with Gasteiger partial charge in [-0.1, -0.05) is 0 Å². The van der Waals surface area contributed by atoms with Gasteiger partial charge in [-0.15, -0.1) is 0 Å². The highest BCUT2D eigenvalue weighted by molar-refractivity contribution is 5.65. The van der Waals surface area contributed by atoms with E-state index in [1.807, 2.05) is 0 Å². The van der Waals surface area contributed by atoms with Crippen LogP contribution in [0.4, 0.5) is 10.2 Å². The number of nitrogen functional groups attached to an aromatic ring is 1. The van der Waals surface area contributed by atoms with E-state index in [4.69, 9.17) is 10.5 Å². The van der Waals surface area contributed by atoms with Crippen molar-refractivity contribution in [1.29, 1.82) is 0 Å². The molecule has 1 fully saturated rings. The van der Waals surface area contributed by atoms with Crippen LogP contribution < -0.4 is 5.73 Å². The van der Waals surface area contributed by atoms with Gasteiger partial charge in [0.15, 0.2) is 5.82 Å². The Morgan fingerprint density at radius 3 is 2.95 bits per heavy atom. The molecule has 3 rings (SSSR count). The predicted octanol–water partition coefficient (Wildman–Crippen LogP) is -0.380. The standard InChI is InChI=1S/C12H15FN4O3/c13-4-11(5-18)3-12(19,6-20-11)9-2-1-8-10(14)15-7-16-17(8)9/h1-2,7,18-19H,3-6H2,(H2,14,15,16)/t11-,12-/m1/s1. The topological polar surface area (TPSA) is 106 Å². The third-order valence-electron chi connectivity index (χ3n) is 3.72. The highest BCUT2D eigenvalue weighted by Crippen LogP contribution is 2.40. The van der Waals surface area contributed by atoms with Gasteiger partial charge in [0.05, 0.1) is 18.9 Å². The molecule has 2 aromatic rings.